The van der Waals surface area contributed by atoms with E-state index in [1.165, 1.54) is 5.56 Å². The van der Waals surface area contributed by atoms with Gasteiger partial charge in [0.15, 0.2) is 0 Å². The summed E-state index contributed by atoms with van der Waals surface area (Å²) in [6, 6.07) is 11.5. The van der Waals surface area contributed by atoms with Gasteiger partial charge in [0.2, 0.25) is 0 Å². The van der Waals surface area contributed by atoms with Crippen LogP contribution in [0.3, 0.4) is 0 Å². The number of nitrogens with zero attached hydrogens (tertiary/aromatic N) is 2. The number of methoxy groups -OCH3 is 1. The van der Waals surface area contributed by atoms with Crippen molar-refractivity contribution in [2.75, 3.05) is 31.6 Å². The van der Waals surface area contributed by atoms with Gasteiger partial charge in [0.25, 0.3) is 5.91 Å². The molecule has 3 saturated heterocycles. The molecular formula is C23H27N3O3. The average Bonchev–Trinajstić information content (AvgIpc) is 3.41. The summed E-state index contributed by atoms with van der Waals surface area (Å²) in [5.74, 6) is 2.42. The molecule has 1 N–H and O–H groups in total. The molecule has 4 heterocycles. The minimum Gasteiger partial charge on any atom is -0.497 e. The molecule has 1 aromatic heterocycles. The molecule has 6 heteroatoms. The quantitative estimate of drug-likeness (QED) is 0.846. The highest BCUT2D eigenvalue weighted by atomic mass is 16.5. The van der Waals surface area contributed by atoms with Gasteiger partial charge in [-0.3, -0.25) is 4.79 Å². The lowest BCUT2D eigenvalue weighted by molar-refractivity contribution is 0.0141. The van der Waals surface area contributed by atoms with Crippen LogP contribution in [0, 0.1) is 18.8 Å². The number of amides is 1. The molecule has 2 aromatic rings. The van der Waals surface area contributed by atoms with Crippen molar-refractivity contribution in [3.8, 4) is 5.75 Å². The third-order valence-corrected chi connectivity index (χ3v) is 6.83. The van der Waals surface area contributed by atoms with Crippen LogP contribution in [0.2, 0.25) is 0 Å². The Bertz CT molecular complexity index is 916. The van der Waals surface area contributed by atoms with Crippen LogP contribution in [0.4, 0.5) is 5.82 Å². The lowest BCUT2D eigenvalue weighted by Gasteiger charge is -2.29. The molecule has 6 nitrogen and oxygen atoms in total. The topological polar surface area (TPSA) is 63.7 Å². The predicted octanol–water partition coefficient (Wildman–Crippen LogP) is 2.81. The highest BCUT2D eigenvalue weighted by Crippen LogP contribution is 2.55. The van der Waals surface area contributed by atoms with Crippen molar-refractivity contribution in [3.05, 3.63) is 53.7 Å². The number of benzene rings is 1. The second-order valence-corrected chi connectivity index (χ2v) is 8.55. The maximum absolute atomic E-state index is 12.7. The van der Waals surface area contributed by atoms with Crippen LogP contribution >= 0.6 is 0 Å². The maximum atomic E-state index is 12.7. The first kappa shape index (κ1) is 18.4. The summed E-state index contributed by atoms with van der Waals surface area (Å²) in [5.41, 5.74) is 1.71. The molecule has 0 saturated carbocycles. The van der Waals surface area contributed by atoms with Crippen molar-refractivity contribution in [3.63, 3.8) is 0 Å². The minimum absolute atomic E-state index is 0.0595. The van der Waals surface area contributed by atoms with Crippen molar-refractivity contribution >= 4 is 11.7 Å². The molecule has 29 heavy (non-hydrogen) atoms. The molecule has 0 unspecified atom stereocenters. The number of carbonyl (C=O) groups excluding carboxylic acids is 1. The molecule has 3 aliphatic heterocycles. The van der Waals surface area contributed by atoms with Gasteiger partial charge in [-0.1, -0.05) is 12.1 Å². The summed E-state index contributed by atoms with van der Waals surface area (Å²) in [5, 5.41) is 3.14. The van der Waals surface area contributed by atoms with E-state index in [9.17, 15) is 4.79 Å². The number of pyridine rings is 1. The minimum atomic E-state index is -0.0808. The highest BCUT2D eigenvalue weighted by molar-refractivity contribution is 5.94. The van der Waals surface area contributed by atoms with E-state index in [0.717, 1.165) is 31.7 Å². The summed E-state index contributed by atoms with van der Waals surface area (Å²) in [7, 11) is 1.61. The normalized spacial score (nSPS) is 29.7. The Balaban J connectivity index is 1.28. The molecule has 1 spiro atoms. The Morgan fingerprint density at radius 1 is 1.38 bits per heavy atom. The van der Waals surface area contributed by atoms with Crippen molar-refractivity contribution in [2.24, 2.45) is 11.8 Å². The predicted molar refractivity (Wildman–Crippen MR) is 110 cm³/mol. The van der Waals surface area contributed by atoms with E-state index in [2.05, 4.69) is 34.3 Å². The van der Waals surface area contributed by atoms with Crippen molar-refractivity contribution in [1.82, 2.24) is 10.3 Å². The number of aryl methyl sites for hydroxylation is 1. The van der Waals surface area contributed by atoms with E-state index in [0.29, 0.717) is 29.7 Å². The van der Waals surface area contributed by atoms with Crippen LogP contribution < -0.4 is 15.0 Å². The van der Waals surface area contributed by atoms with Gasteiger partial charge in [-0.05, 0) is 49.6 Å². The number of aromatic nitrogens is 1. The summed E-state index contributed by atoms with van der Waals surface area (Å²) in [6.07, 6.45) is 4.35. The number of nitrogens with one attached hydrogen (secondary N) is 1. The van der Waals surface area contributed by atoms with Crippen molar-refractivity contribution in [2.45, 2.75) is 31.5 Å². The van der Waals surface area contributed by atoms with Gasteiger partial charge in [0, 0.05) is 43.2 Å². The average molecular weight is 393 g/mol. The first-order chi connectivity index (χ1) is 14.1. The van der Waals surface area contributed by atoms with Crippen LogP contribution in [-0.4, -0.2) is 49.3 Å². The summed E-state index contributed by atoms with van der Waals surface area (Å²) >= 11 is 0. The van der Waals surface area contributed by atoms with Crippen LogP contribution in [0.15, 0.2) is 42.6 Å². The Morgan fingerprint density at radius 3 is 3.07 bits per heavy atom. The van der Waals surface area contributed by atoms with E-state index in [-0.39, 0.29) is 17.6 Å². The number of anilines is 1. The Kier molecular flexibility index (Phi) is 4.46. The maximum Gasteiger partial charge on any atom is 0.251 e. The fourth-order valence-electron chi connectivity index (χ4n) is 5.36. The number of hydrogen-bond acceptors (Lipinski definition) is 5. The van der Waals surface area contributed by atoms with E-state index >= 15 is 0 Å². The standard InChI is InChI=1S/C23H27N3O3/c1-15-6-7-21(24-11-15)26-13-19-18(20-8-9-23(19,14-26)29-20)12-25-22(27)16-4-3-5-17(10-16)28-2/h3-7,10-11,18-20H,8-9,12-14H2,1-2H3,(H,25,27)/t18-,19+,20+,23+/m0/s1. The van der Waals surface area contributed by atoms with E-state index in [1.54, 1.807) is 13.2 Å². The Hall–Kier alpha value is -2.60. The van der Waals surface area contributed by atoms with Crippen LogP contribution in [0.5, 0.6) is 5.75 Å². The van der Waals surface area contributed by atoms with Gasteiger partial charge in [-0.25, -0.2) is 4.98 Å². The summed E-state index contributed by atoms with van der Waals surface area (Å²) < 4.78 is 11.7. The summed E-state index contributed by atoms with van der Waals surface area (Å²) in [6.45, 7) is 4.53. The second kappa shape index (κ2) is 7.02. The van der Waals surface area contributed by atoms with Gasteiger partial charge in [0.1, 0.15) is 11.6 Å². The third kappa shape index (κ3) is 3.15. The fraction of sp³-hybridized carbons (Fsp3) is 0.478. The number of rotatable bonds is 5. The molecule has 0 aliphatic carbocycles. The summed E-state index contributed by atoms with van der Waals surface area (Å²) in [4.78, 5) is 19.6. The number of ether oxygens (including phenoxy) is 2. The third-order valence-electron chi connectivity index (χ3n) is 6.83. The fourth-order valence-corrected chi connectivity index (χ4v) is 5.36. The molecule has 3 fully saturated rings. The molecule has 1 amide bonds. The Labute approximate surface area is 171 Å². The van der Waals surface area contributed by atoms with Gasteiger partial charge >= 0.3 is 0 Å². The molecule has 2 bridgehead atoms. The molecule has 3 aliphatic rings. The van der Waals surface area contributed by atoms with Crippen molar-refractivity contribution < 1.29 is 14.3 Å². The lowest BCUT2D eigenvalue weighted by atomic mass is 9.73. The zero-order chi connectivity index (χ0) is 20.0. The zero-order valence-electron chi connectivity index (χ0n) is 16.9. The molecule has 1 aromatic carbocycles. The lowest BCUT2D eigenvalue weighted by Crippen LogP contribution is -2.41. The van der Waals surface area contributed by atoms with E-state index in [4.69, 9.17) is 9.47 Å². The zero-order valence-corrected chi connectivity index (χ0v) is 16.9. The van der Waals surface area contributed by atoms with E-state index < -0.39 is 0 Å². The van der Waals surface area contributed by atoms with Gasteiger partial charge in [-0.15, -0.1) is 0 Å². The van der Waals surface area contributed by atoms with Crippen LogP contribution in [0.25, 0.3) is 0 Å². The van der Waals surface area contributed by atoms with E-state index in [1.807, 2.05) is 24.4 Å². The van der Waals surface area contributed by atoms with Crippen molar-refractivity contribution in [1.29, 1.82) is 0 Å². The molecule has 152 valence electrons. The van der Waals surface area contributed by atoms with Crippen LogP contribution in [0.1, 0.15) is 28.8 Å². The van der Waals surface area contributed by atoms with Crippen LogP contribution in [-0.2, 0) is 4.74 Å². The number of carbonyl (C=O) groups is 1. The molecule has 4 atom stereocenters. The Morgan fingerprint density at radius 2 is 2.28 bits per heavy atom. The van der Waals surface area contributed by atoms with Gasteiger partial charge < -0.3 is 19.7 Å². The SMILES string of the molecule is COc1cccc(C(=O)NC[C@H]2[C@H]3CN(c4ccc(C)cn4)C[C@]34CC[C@H]2O4)c1. The second-order valence-electron chi connectivity index (χ2n) is 8.55. The molecule has 5 rings (SSSR count). The smallest absolute Gasteiger partial charge is 0.251 e. The largest absolute Gasteiger partial charge is 0.497 e. The highest BCUT2D eigenvalue weighted by Gasteiger charge is 2.63. The monoisotopic (exact) mass is 393 g/mol. The first-order valence-electron chi connectivity index (χ1n) is 10.4. The number of hydrogen-bond donors (Lipinski definition) is 1. The molecule has 0 radical (unpaired) electrons. The van der Waals surface area contributed by atoms with Gasteiger partial charge in [0.05, 0.1) is 18.8 Å². The number of fused-ring (bicyclic) bond motifs is 1. The van der Waals surface area contributed by atoms with Gasteiger partial charge in [-0.2, -0.15) is 0 Å². The first-order valence-corrected chi connectivity index (χ1v) is 10.4. The molecular weight excluding hydrogens is 366 g/mol.